The number of hydrogen-bond donors (Lipinski definition) is 1. The van der Waals surface area contributed by atoms with Crippen LogP contribution < -0.4 is 10.1 Å². The Labute approximate surface area is 203 Å². The molecule has 2 aromatic rings. The normalized spacial score (nSPS) is 22.3. The molecule has 0 saturated carbocycles. The smallest absolute Gasteiger partial charge is 0.255 e. The van der Waals surface area contributed by atoms with Gasteiger partial charge in [0.25, 0.3) is 5.91 Å². The minimum absolute atomic E-state index is 0.00975. The molecule has 2 atom stereocenters. The van der Waals surface area contributed by atoms with E-state index in [-0.39, 0.29) is 31.4 Å². The molecule has 2 unspecified atom stereocenters. The molecule has 0 spiro atoms. The van der Waals surface area contributed by atoms with Gasteiger partial charge in [-0.2, -0.15) is 0 Å². The van der Waals surface area contributed by atoms with Crippen LogP contribution in [0.4, 0.5) is 0 Å². The number of piperidine rings is 1. The van der Waals surface area contributed by atoms with Gasteiger partial charge in [-0.25, -0.2) is 0 Å². The van der Waals surface area contributed by atoms with Crippen LogP contribution in [-0.2, 0) is 38.8 Å². The molecule has 178 valence electrons. The van der Waals surface area contributed by atoms with Gasteiger partial charge in [-0.3, -0.25) is 24.5 Å². The zero-order valence-corrected chi connectivity index (χ0v) is 19.1. The van der Waals surface area contributed by atoms with Gasteiger partial charge in [-0.05, 0) is 29.7 Å². The van der Waals surface area contributed by atoms with Crippen molar-refractivity contribution in [3.8, 4) is 5.75 Å². The molecule has 3 aliphatic rings. The number of benzene rings is 2. The molecule has 35 heavy (non-hydrogen) atoms. The molecule has 9 nitrogen and oxygen atoms in total. The fourth-order valence-electron chi connectivity index (χ4n) is 4.57. The van der Waals surface area contributed by atoms with Crippen LogP contribution in [0.3, 0.4) is 0 Å². The molecule has 2 aromatic carbocycles. The highest BCUT2D eigenvalue weighted by molar-refractivity contribution is 6.27. The highest BCUT2D eigenvalue weighted by Gasteiger charge is 2.42. The molecule has 3 heterocycles. The van der Waals surface area contributed by atoms with Crippen molar-refractivity contribution in [3.63, 3.8) is 0 Å². The maximum atomic E-state index is 13.0. The number of fused-ring (bicyclic) bond motifs is 1. The number of hydrogen-bond acceptors (Lipinski definition) is 6. The number of nitrogens with one attached hydrogen (secondary N) is 1. The predicted octanol–water partition coefficient (Wildman–Crippen LogP) is 0.952. The minimum atomic E-state index is -0.839. The third-order valence-corrected chi connectivity index (χ3v) is 6.57. The highest BCUT2D eigenvalue weighted by Crippen LogP contribution is 2.34. The van der Waals surface area contributed by atoms with Gasteiger partial charge in [-0.1, -0.05) is 30.3 Å². The summed E-state index contributed by atoms with van der Waals surface area (Å²) in [6.07, 6.45) is 0.0863. The van der Waals surface area contributed by atoms with E-state index in [0.717, 1.165) is 11.1 Å². The first kappa shape index (κ1) is 23.1. The van der Waals surface area contributed by atoms with Gasteiger partial charge < -0.3 is 19.3 Å². The SMILES string of the molecule is [B]C1CC(N2Cc3c(OCc4ccc(CN5CCOCC5=O)cc4)cccc3C2=O)C(=O)NC1=O. The van der Waals surface area contributed by atoms with Crippen LogP contribution >= 0.6 is 0 Å². The zero-order chi connectivity index (χ0) is 24.5. The van der Waals surface area contributed by atoms with Crippen LogP contribution in [0, 0.1) is 0 Å². The second-order valence-corrected chi connectivity index (χ2v) is 8.90. The largest absolute Gasteiger partial charge is 0.489 e. The van der Waals surface area contributed by atoms with Gasteiger partial charge in [0, 0.05) is 30.0 Å². The average molecular weight is 473 g/mol. The first-order chi connectivity index (χ1) is 16.9. The summed E-state index contributed by atoms with van der Waals surface area (Å²) in [4.78, 5) is 52.2. The summed E-state index contributed by atoms with van der Waals surface area (Å²) in [6, 6.07) is 12.3. The molecule has 4 amide bonds. The maximum Gasteiger partial charge on any atom is 0.255 e. The molecular weight excluding hydrogens is 449 g/mol. The van der Waals surface area contributed by atoms with Gasteiger partial charge in [0.1, 0.15) is 25.0 Å². The Morgan fingerprint density at radius 3 is 2.57 bits per heavy atom. The number of carbonyl (C=O) groups is 4. The van der Waals surface area contributed by atoms with Crippen LogP contribution in [0.25, 0.3) is 0 Å². The number of amides is 4. The van der Waals surface area contributed by atoms with Crippen molar-refractivity contribution in [2.45, 2.75) is 38.0 Å². The highest BCUT2D eigenvalue weighted by atomic mass is 16.5. The van der Waals surface area contributed by atoms with Crippen molar-refractivity contribution >= 4 is 31.5 Å². The fraction of sp³-hybridized carbons (Fsp3) is 0.360. The van der Waals surface area contributed by atoms with Crippen molar-refractivity contribution in [2.75, 3.05) is 19.8 Å². The number of morpholine rings is 1. The quantitative estimate of drug-likeness (QED) is 0.495. The number of nitrogens with zero attached hydrogens (tertiary/aromatic N) is 2. The number of rotatable bonds is 6. The summed E-state index contributed by atoms with van der Waals surface area (Å²) in [5.74, 6) is -1.60. The summed E-state index contributed by atoms with van der Waals surface area (Å²) in [6.45, 7) is 2.31. The topological polar surface area (TPSA) is 105 Å². The molecule has 3 aliphatic heterocycles. The first-order valence-corrected chi connectivity index (χ1v) is 11.5. The Bertz CT molecular complexity index is 1180. The lowest BCUT2D eigenvalue weighted by atomic mass is 9.78. The Kier molecular flexibility index (Phi) is 6.30. The van der Waals surface area contributed by atoms with Gasteiger partial charge in [0.2, 0.25) is 17.7 Å². The molecule has 2 fully saturated rings. The molecule has 5 rings (SSSR count). The predicted molar refractivity (Wildman–Crippen MR) is 124 cm³/mol. The Balaban J connectivity index is 1.24. The van der Waals surface area contributed by atoms with E-state index in [1.807, 2.05) is 24.3 Å². The van der Waals surface area contributed by atoms with Crippen LogP contribution in [-0.4, -0.2) is 67.1 Å². The molecule has 0 aromatic heterocycles. The Morgan fingerprint density at radius 1 is 1.03 bits per heavy atom. The lowest BCUT2D eigenvalue weighted by Gasteiger charge is -2.32. The van der Waals surface area contributed by atoms with E-state index < -0.39 is 23.7 Å². The molecular formula is C25H24BN3O6. The van der Waals surface area contributed by atoms with Gasteiger partial charge in [0.05, 0.1) is 21.0 Å². The van der Waals surface area contributed by atoms with E-state index >= 15 is 0 Å². The van der Waals surface area contributed by atoms with Crippen LogP contribution in [0.5, 0.6) is 5.75 Å². The van der Waals surface area contributed by atoms with E-state index in [4.69, 9.17) is 17.3 Å². The van der Waals surface area contributed by atoms with E-state index in [9.17, 15) is 19.2 Å². The van der Waals surface area contributed by atoms with Crippen LogP contribution in [0.15, 0.2) is 42.5 Å². The molecule has 10 heteroatoms. The second kappa shape index (κ2) is 9.54. The standard InChI is InChI=1S/C25H24BN3O6/c26-19-10-20(24(32)27-23(19)31)29-12-18-17(25(29)33)2-1-3-21(18)35-13-16-6-4-15(5-7-16)11-28-8-9-34-14-22(28)30/h1-7,19-20H,8-14H2,(H,27,31,32). The number of imide groups is 1. The zero-order valence-electron chi connectivity index (χ0n) is 19.1. The van der Waals surface area contributed by atoms with E-state index in [0.29, 0.717) is 43.2 Å². The summed E-state index contributed by atoms with van der Waals surface area (Å²) < 4.78 is 11.2. The summed E-state index contributed by atoms with van der Waals surface area (Å²) in [5.41, 5.74) is 3.15. The molecule has 0 aliphatic carbocycles. The lowest BCUT2D eigenvalue weighted by Crippen LogP contribution is -2.54. The molecule has 1 N–H and O–H groups in total. The average Bonchev–Trinajstić information content (AvgIpc) is 3.19. The summed E-state index contributed by atoms with van der Waals surface area (Å²) >= 11 is 0. The second-order valence-electron chi connectivity index (χ2n) is 8.90. The molecule has 2 radical (unpaired) electrons. The van der Waals surface area contributed by atoms with E-state index in [1.54, 1.807) is 23.1 Å². The van der Waals surface area contributed by atoms with E-state index in [2.05, 4.69) is 5.32 Å². The van der Waals surface area contributed by atoms with Crippen molar-refractivity contribution in [2.24, 2.45) is 0 Å². The van der Waals surface area contributed by atoms with Crippen molar-refractivity contribution < 1.29 is 28.7 Å². The maximum absolute atomic E-state index is 13.0. The molecule has 2 saturated heterocycles. The summed E-state index contributed by atoms with van der Waals surface area (Å²) in [7, 11) is 5.81. The molecule has 0 bridgehead atoms. The van der Waals surface area contributed by atoms with Crippen molar-refractivity contribution in [3.05, 3.63) is 64.7 Å². The van der Waals surface area contributed by atoms with E-state index in [1.165, 1.54) is 4.90 Å². The Morgan fingerprint density at radius 2 is 1.80 bits per heavy atom. The van der Waals surface area contributed by atoms with Crippen molar-refractivity contribution in [1.82, 2.24) is 15.1 Å². The van der Waals surface area contributed by atoms with Crippen molar-refractivity contribution in [1.29, 1.82) is 0 Å². The fourth-order valence-corrected chi connectivity index (χ4v) is 4.57. The summed E-state index contributed by atoms with van der Waals surface area (Å²) in [5, 5.41) is 2.24. The first-order valence-electron chi connectivity index (χ1n) is 11.5. The van der Waals surface area contributed by atoms with Crippen LogP contribution in [0.1, 0.15) is 33.5 Å². The monoisotopic (exact) mass is 473 g/mol. The Hall–Kier alpha value is -3.66. The minimum Gasteiger partial charge on any atom is -0.489 e. The third kappa shape index (κ3) is 4.66. The number of ether oxygens (including phenoxy) is 2. The van der Waals surface area contributed by atoms with Gasteiger partial charge >= 0.3 is 0 Å². The lowest BCUT2D eigenvalue weighted by molar-refractivity contribution is -0.143. The van der Waals surface area contributed by atoms with Crippen LogP contribution in [0.2, 0.25) is 5.82 Å². The van der Waals surface area contributed by atoms with Gasteiger partial charge in [-0.15, -0.1) is 0 Å². The van der Waals surface area contributed by atoms with Gasteiger partial charge in [0.15, 0.2) is 0 Å². The third-order valence-electron chi connectivity index (χ3n) is 6.57. The number of carbonyl (C=O) groups excluding carboxylic acids is 4.